The van der Waals surface area contributed by atoms with E-state index in [1.807, 2.05) is 0 Å². The average Bonchev–Trinajstić information content (AvgIpc) is 2.70. The van der Waals surface area contributed by atoms with E-state index >= 15 is 0 Å². The summed E-state index contributed by atoms with van der Waals surface area (Å²) in [5, 5.41) is 0. The van der Waals surface area contributed by atoms with Crippen molar-refractivity contribution in [1.82, 2.24) is 0 Å². The third kappa shape index (κ3) is 3.88. The minimum Gasteiger partial charge on any atom is -0.201 e. The Labute approximate surface area is 147 Å². The largest absolute Gasteiger partial charge is 0.212 e. The second-order valence-electron chi connectivity index (χ2n) is 8.77. The molecule has 3 rings (SSSR count). The van der Waals surface area contributed by atoms with Crippen LogP contribution >= 0.6 is 0 Å². The monoisotopic (exact) mass is 322 g/mol. The lowest BCUT2D eigenvalue weighted by Gasteiger charge is -2.17. The van der Waals surface area contributed by atoms with Crippen molar-refractivity contribution in [3.8, 4) is 11.3 Å². The van der Waals surface area contributed by atoms with Gasteiger partial charge in [0.1, 0.15) is 7.05 Å². The van der Waals surface area contributed by atoms with Gasteiger partial charge in [0, 0.05) is 17.2 Å². The Morgan fingerprint density at radius 2 is 1.62 bits per heavy atom. The fourth-order valence-electron chi connectivity index (χ4n) is 4.02. The molecular formula is C23H32N+. The van der Waals surface area contributed by atoms with Gasteiger partial charge in [-0.05, 0) is 73.3 Å². The quantitative estimate of drug-likeness (QED) is 0.519. The molecule has 0 fully saturated rings. The summed E-state index contributed by atoms with van der Waals surface area (Å²) in [4.78, 5) is 0. The maximum absolute atomic E-state index is 2.47. The maximum atomic E-state index is 2.47. The van der Waals surface area contributed by atoms with Crippen molar-refractivity contribution in [3.05, 3.63) is 52.7 Å². The Kier molecular flexibility index (Phi) is 4.80. The molecule has 0 saturated carbocycles. The first-order valence-electron chi connectivity index (χ1n) is 9.45. The topological polar surface area (TPSA) is 3.88 Å². The van der Waals surface area contributed by atoms with E-state index in [1.165, 1.54) is 54.5 Å². The fraction of sp³-hybridized carbons (Fsp3) is 0.522. The van der Waals surface area contributed by atoms with Gasteiger partial charge in [-0.1, -0.05) is 33.3 Å². The van der Waals surface area contributed by atoms with Crippen molar-refractivity contribution in [1.29, 1.82) is 0 Å². The highest BCUT2D eigenvalue weighted by atomic mass is 14.9. The van der Waals surface area contributed by atoms with Crippen LogP contribution < -0.4 is 4.57 Å². The second kappa shape index (κ2) is 6.70. The zero-order chi connectivity index (χ0) is 17.3. The average molecular weight is 323 g/mol. The number of aromatic nitrogens is 1. The first-order valence-corrected chi connectivity index (χ1v) is 9.45. The molecule has 0 unspecified atom stereocenters. The summed E-state index contributed by atoms with van der Waals surface area (Å²) in [6, 6.07) is 9.53. The summed E-state index contributed by atoms with van der Waals surface area (Å²) in [7, 11) is 2.19. The second-order valence-corrected chi connectivity index (χ2v) is 8.77. The molecule has 0 spiro atoms. The normalized spacial score (nSPS) is 15.0. The molecule has 0 atom stereocenters. The van der Waals surface area contributed by atoms with Crippen molar-refractivity contribution < 1.29 is 4.57 Å². The third-order valence-corrected chi connectivity index (χ3v) is 5.14. The van der Waals surface area contributed by atoms with Gasteiger partial charge in [0.2, 0.25) is 5.69 Å². The number of benzene rings is 1. The summed E-state index contributed by atoms with van der Waals surface area (Å²) in [5.74, 6) is 0. The Bertz CT molecular complexity index is 734. The van der Waals surface area contributed by atoms with Crippen LogP contribution in [0.3, 0.4) is 0 Å². The molecule has 2 aromatic rings. The molecule has 128 valence electrons. The van der Waals surface area contributed by atoms with Gasteiger partial charge in [0.25, 0.3) is 0 Å². The first-order chi connectivity index (χ1) is 11.3. The molecule has 1 heterocycles. The lowest BCUT2D eigenvalue weighted by Crippen LogP contribution is -2.32. The molecule has 1 heteroatoms. The van der Waals surface area contributed by atoms with Crippen LogP contribution in [0.15, 0.2) is 30.5 Å². The maximum Gasteiger partial charge on any atom is 0.212 e. The van der Waals surface area contributed by atoms with Gasteiger partial charge < -0.3 is 0 Å². The van der Waals surface area contributed by atoms with Crippen LogP contribution in [0.1, 0.15) is 62.3 Å². The Hall–Kier alpha value is -1.63. The van der Waals surface area contributed by atoms with Gasteiger partial charge in [0.05, 0.1) is 0 Å². The van der Waals surface area contributed by atoms with Crippen molar-refractivity contribution in [2.45, 2.75) is 66.2 Å². The summed E-state index contributed by atoms with van der Waals surface area (Å²) >= 11 is 0. The molecule has 0 N–H and O–H groups in total. The van der Waals surface area contributed by atoms with E-state index in [0.29, 0.717) is 5.41 Å². The Morgan fingerprint density at radius 1 is 0.958 bits per heavy atom. The molecule has 0 amide bonds. The molecule has 0 radical (unpaired) electrons. The van der Waals surface area contributed by atoms with Crippen molar-refractivity contribution in [2.24, 2.45) is 12.5 Å². The molecule has 0 saturated heterocycles. The Balaban J connectivity index is 1.98. The number of pyridine rings is 1. The van der Waals surface area contributed by atoms with Crippen molar-refractivity contribution in [2.75, 3.05) is 0 Å². The SMILES string of the molecule is Cc1cc2c(cc1-c1ccc(CC(C)(C)C)c[n+]1C)CCCCC2. The minimum atomic E-state index is 0.328. The number of hydrogen-bond donors (Lipinski definition) is 0. The summed E-state index contributed by atoms with van der Waals surface area (Å²) in [6.45, 7) is 9.18. The third-order valence-electron chi connectivity index (χ3n) is 5.14. The number of rotatable bonds is 2. The van der Waals surface area contributed by atoms with E-state index < -0.39 is 0 Å². The minimum absolute atomic E-state index is 0.328. The highest BCUT2D eigenvalue weighted by Gasteiger charge is 2.19. The van der Waals surface area contributed by atoms with Crippen LogP contribution in [0.5, 0.6) is 0 Å². The van der Waals surface area contributed by atoms with E-state index in [-0.39, 0.29) is 0 Å². The van der Waals surface area contributed by atoms with Crippen molar-refractivity contribution in [3.63, 3.8) is 0 Å². The highest BCUT2D eigenvalue weighted by Crippen LogP contribution is 2.29. The molecule has 1 aliphatic rings. The smallest absolute Gasteiger partial charge is 0.201 e. The van der Waals surface area contributed by atoms with Gasteiger partial charge in [-0.3, -0.25) is 0 Å². The molecule has 24 heavy (non-hydrogen) atoms. The lowest BCUT2D eigenvalue weighted by atomic mass is 9.88. The van der Waals surface area contributed by atoms with Crippen LogP contribution in [0, 0.1) is 12.3 Å². The molecule has 1 aromatic carbocycles. The number of aryl methyl sites for hydroxylation is 4. The lowest BCUT2D eigenvalue weighted by molar-refractivity contribution is -0.660. The number of hydrogen-bond acceptors (Lipinski definition) is 0. The summed E-state index contributed by atoms with van der Waals surface area (Å²) in [6.07, 6.45) is 9.99. The molecule has 1 aliphatic carbocycles. The van der Waals surface area contributed by atoms with Gasteiger partial charge >= 0.3 is 0 Å². The zero-order valence-electron chi connectivity index (χ0n) is 16.1. The first kappa shape index (κ1) is 17.2. The predicted octanol–water partition coefficient (Wildman–Crippen LogP) is 5.34. The number of nitrogens with zero attached hydrogens (tertiary/aromatic N) is 1. The van der Waals surface area contributed by atoms with Crippen LogP contribution in [-0.4, -0.2) is 0 Å². The fourth-order valence-corrected chi connectivity index (χ4v) is 4.02. The van der Waals surface area contributed by atoms with Crippen molar-refractivity contribution >= 4 is 0 Å². The van der Waals surface area contributed by atoms with Crippen LogP contribution in [0.4, 0.5) is 0 Å². The zero-order valence-corrected chi connectivity index (χ0v) is 16.1. The van der Waals surface area contributed by atoms with E-state index in [0.717, 1.165) is 6.42 Å². The van der Waals surface area contributed by atoms with Crippen LogP contribution in [0.2, 0.25) is 0 Å². The highest BCUT2D eigenvalue weighted by molar-refractivity contribution is 5.63. The summed E-state index contributed by atoms with van der Waals surface area (Å²) in [5.41, 5.74) is 9.05. The van der Waals surface area contributed by atoms with Gasteiger partial charge in [0.15, 0.2) is 6.20 Å². The molecule has 0 aliphatic heterocycles. The number of fused-ring (bicyclic) bond motifs is 1. The molecular weight excluding hydrogens is 290 g/mol. The van der Waals surface area contributed by atoms with E-state index in [4.69, 9.17) is 0 Å². The van der Waals surface area contributed by atoms with E-state index in [9.17, 15) is 0 Å². The molecule has 0 bridgehead atoms. The summed E-state index contributed by atoms with van der Waals surface area (Å²) < 4.78 is 2.31. The molecule has 1 aromatic heterocycles. The predicted molar refractivity (Wildman–Crippen MR) is 102 cm³/mol. The van der Waals surface area contributed by atoms with Crippen LogP contribution in [-0.2, 0) is 26.3 Å². The van der Waals surface area contributed by atoms with Gasteiger partial charge in [-0.15, -0.1) is 0 Å². The van der Waals surface area contributed by atoms with E-state index in [2.05, 4.69) is 69.8 Å². The molecule has 1 nitrogen and oxygen atoms in total. The van der Waals surface area contributed by atoms with Crippen LogP contribution in [0.25, 0.3) is 11.3 Å². The van der Waals surface area contributed by atoms with Gasteiger partial charge in [-0.25, -0.2) is 4.57 Å². The van der Waals surface area contributed by atoms with Gasteiger partial charge in [-0.2, -0.15) is 0 Å². The Morgan fingerprint density at radius 3 is 2.25 bits per heavy atom. The standard InChI is InChI=1S/C23H32N/c1-17-13-19-9-7-6-8-10-20(19)14-21(17)22-12-11-18(16-24(22)5)15-23(2,3)4/h11-14,16H,6-10,15H2,1-5H3/q+1. The van der Waals surface area contributed by atoms with E-state index in [1.54, 1.807) is 11.1 Å².